The number of aliphatic carboxylic acids is 1. The van der Waals surface area contributed by atoms with Gasteiger partial charge in [0, 0.05) is 5.92 Å². The Morgan fingerprint density at radius 2 is 2.36 bits per heavy atom. The monoisotopic (exact) mass is 200 g/mol. The van der Waals surface area contributed by atoms with Crippen molar-refractivity contribution in [2.45, 2.75) is 26.4 Å². The van der Waals surface area contributed by atoms with Crippen LogP contribution in [-0.2, 0) is 16.1 Å². The van der Waals surface area contributed by atoms with Gasteiger partial charge in [0.1, 0.15) is 13.2 Å². The molecular weight excluding hydrogens is 188 g/mol. The Kier molecular flexibility index (Phi) is 3.58. The van der Waals surface area contributed by atoms with Crippen LogP contribution in [0, 0.1) is 0 Å². The molecule has 0 unspecified atom stereocenters. The van der Waals surface area contributed by atoms with E-state index in [0.717, 1.165) is 0 Å². The molecule has 0 aromatic carbocycles. The summed E-state index contributed by atoms with van der Waals surface area (Å²) in [6.07, 6.45) is 0. The Bertz CT molecular complexity index is 308. The van der Waals surface area contributed by atoms with Crippen LogP contribution in [0.2, 0.25) is 0 Å². The Balaban J connectivity index is 2.40. The lowest BCUT2D eigenvalue weighted by atomic mass is 10.2. The molecule has 1 heterocycles. The Morgan fingerprint density at radius 3 is 2.86 bits per heavy atom. The van der Waals surface area contributed by atoms with Crippen molar-refractivity contribution in [2.75, 3.05) is 6.61 Å². The zero-order chi connectivity index (χ0) is 10.6. The fourth-order valence-electron chi connectivity index (χ4n) is 0.787. The Labute approximate surface area is 80.9 Å². The van der Waals surface area contributed by atoms with Crippen LogP contribution in [0.5, 0.6) is 0 Å². The van der Waals surface area contributed by atoms with Crippen LogP contribution in [-0.4, -0.2) is 27.8 Å². The molecule has 0 aliphatic heterocycles. The number of carboxylic acids is 1. The predicted octanol–water partition coefficient (Wildman–Crippen LogP) is 0.794. The highest BCUT2D eigenvalue weighted by molar-refractivity contribution is 5.67. The summed E-state index contributed by atoms with van der Waals surface area (Å²) in [4.78, 5) is 14.1. The molecule has 0 fully saturated rings. The summed E-state index contributed by atoms with van der Waals surface area (Å²) in [5.74, 6) is 0.0643. The van der Waals surface area contributed by atoms with Crippen molar-refractivity contribution >= 4 is 5.97 Å². The van der Waals surface area contributed by atoms with E-state index in [0.29, 0.717) is 11.7 Å². The van der Waals surface area contributed by atoms with Gasteiger partial charge in [0.25, 0.3) is 5.89 Å². The van der Waals surface area contributed by atoms with Gasteiger partial charge in [0.15, 0.2) is 5.82 Å². The molecule has 0 atom stereocenters. The summed E-state index contributed by atoms with van der Waals surface area (Å²) in [6, 6.07) is 0. The second-order valence-corrected chi connectivity index (χ2v) is 3.09. The van der Waals surface area contributed by atoms with Gasteiger partial charge in [-0.15, -0.1) is 0 Å². The molecule has 1 N–H and O–H groups in total. The molecule has 0 amide bonds. The first kappa shape index (κ1) is 10.6. The van der Waals surface area contributed by atoms with Crippen LogP contribution in [0.3, 0.4) is 0 Å². The molecule has 0 aliphatic rings. The number of nitrogens with zero attached hydrogens (tertiary/aromatic N) is 2. The lowest BCUT2D eigenvalue weighted by Crippen LogP contribution is -2.06. The van der Waals surface area contributed by atoms with Gasteiger partial charge in [-0.2, -0.15) is 4.98 Å². The number of carboxylic acid groups (broad SMARTS) is 1. The minimum absolute atomic E-state index is 0.0337. The van der Waals surface area contributed by atoms with Crippen LogP contribution in [0.15, 0.2) is 4.52 Å². The van der Waals surface area contributed by atoms with Crippen LogP contribution >= 0.6 is 0 Å². The van der Waals surface area contributed by atoms with Gasteiger partial charge in [-0.3, -0.25) is 0 Å². The molecule has 0 spiro atoms. The average molecular weight is 200 g/mol. The first-order valence-electron chi connectivity index (χ1n) is 4.21. The maximum atomic E-state index is 10.1. The summed E-state index contributed by atoms with van der Waals surface area (Å²) >= 11 is 0. The first-order valence-corrected chi connectivity index (χ1v) is 4.21. The minimum Gasteiger partial charge on any atom is -0.480 e. The van der Waals surface area contributed by atoms with Crippen molar-refractivity contribution < 1.29 is 19.2 Å². The molecule has 78 valence electrons. The van der Waals surface area contributed by atoms with Crippen molar-refractivity contribution in [2.24, 2.45) is 0 Å². The van der Waals surface area contributed by atoms with Crippen LogP contribution in [0.1, 0.15) is 31.5 Å². The first-order chi connectivity index (χ1) is 6.59. The lowest BCUT2D eigenvalue weighted by molar-refractivity contribution is -0.142. The van der Waals surface area contributed by atoms with Gasteiger partial charge in [-0.1, -0.05) is 19.0 Å². The van der Waals surface area contributed by atoms with Crippen LogP contribution in [0.4, 0.5) is 0 Å². The van der Waals surface area contributed by atoms with Crippen LogP contribution < -0.4 is 0 Å². The Hall–Kier alpha value is -1.43. The summed E-state index contributed by atoms with van der Waals surface area (Å²) < 4.78 is 9.61. The van der Waals surface area contributed by atoms with Gasteiger partial charge in [-0.05, 0) is 0 Å². The van der Waals surface area contributed by atoms with Crippen LogP contribution in [0.25, 0.3) is 0 Å². The molecule has 1 rings (SSSR count). The second-order valence-electron chi connectivity index (χ2n) is 3.09. The summed E-state index contributed by atoms with van der Waals surface area (Å²) in [5.41, 5.74) is 0. The number of rotatable bonds is 5. The van der Waals surface area contributed by atoms with E-state index in [2.05, 4.69) is 10.1 Å². The topological polar surface area (TPSA) is 85.5 Å². The maximum absolute atomic E-state index is 10.1. The van der Waals surface area contributed by atoms with E-state index in [1.54, 1.807) is 0 Å². The molecular formula is C8H12N2O4. The van der Waals surface area contributed by atoms with Crippen molar-refractivity contribution in [3.63, 3.8) is 0 Å². The number of aromatic nitrogens is 2. The third-order valence-electron chi connectivity index (χ3n) is 1.45. The number of hydrogen-bond donors (Lipinski definition) is 1. The summed E-state index contributed by atoms with van der Waals surface area (Å²) in [5, 5.41) is 12.0. The molecule has 0 bridgehead atoms. The van der Waals surface area contributed by atoms with Crippen molar-refractivity contribution in [1.29, 1.82) is 0 Å². The molecule has 6 nitrogen and oxygen atoms in total. The second kappa shape index (κ2) is 4.71. The quantitative estimate of drug-likeness (QED) is 0.756. The summed E-state index contributed by atoms with van der Waals surface area (Å²) in [6.45, 7) is 3.55. The molecule has 1 aromatic heterocycles. The highest BCUT2D eigenvalue weighted by Gasteiger charge is 2.09. The SMILES string of the molecule is CC(C)c1noc(COCC(=O)O)n1. The fourth-order valence-corrected chi connectivity index (χ4v) is 0.787. The standard InChI is InChI=1S/C8H12N2O4/c1-5(2)8-9-6(14-10-8)3-13-4-7(11)12/h5H,3-4H2,1-2H3,(H,11,12). The van der Waals surface area contributed by atoms with Gasteiger partial charge >= 0.3 is 5.97 Å². The van der Waals surface area contributed by atoms with E-state index < -0.39 is 5.97 Å². The normalized spacial score (nSPS) is 10.8. The third-order valence-corrected chi connectivity index (χ3v) is 1.45. The molecule has 14 heavy (non-hydrogen) atoms. The summed E-state index contributed by atoms with van der Waals surface area (Å²) in [7, 11) is 0. The highest BCUT2D eigenvalue weighted by atomic mass is 16.5. The van der Waals surface area contributed by atoms with E-state index in [4.69, 9.17) is 14.4 Å². The average Bonchev–Trinajstić information content (AvgIpc) is 2.52. The molecule has 0 radical (unpaired) electrons. The highest BCUT2D eigenvalue weighted by Crippen LogP contribution is 2.09. The molecule has 0 aliphatic carbocycles. The van der Waals surface area contributed by atoms with Gasteiger partial charge in [-0.25, -0.2) is 4.79 Å². The largest absolute Gasteiger partial charge is 0.480 e. The van der Waals surface area contributed by atoms with Crippen molar-refractivity contribution in [1.82, 2.24) is 10.1 Å². The lowest BCUT2D eigenvalue weighted by Gasteiger charge is -1.94. The molecule has 6 heteroatoms. The van der Waals surface area contributed by atoms with E-state index in [1.807, 2.05) is 13.8 Å². The van der Waals surface area contributed by atoms with E-state index in [1.165, 1.54) is 0 Å². The van der Waals surface area contributed by atoms with Gasteiger partial charge in [0.2, 0.25) is 0 Å². The van der Waals surface area contributed by atoms with E-state index in [9.17, 15) is 4.79 Å². The Morgan fingerprint density at radius 1 is 1.64 bits per heavy atom. The minimum atomic E-state index is -1.02. The third kappa shape index (κ3) is 3.14. The number of ether oxygens (including phenoxy) is 1. The number of hydrogen-bond acceptors (Lipinski definition) is 5. The molecule has 0 saturated carbocycles. The van der Waals surface area contributed by atoms with Gasteiger partial charge in [0.05, 0.1) is 0 Å². The smallest absolute Gasteiger partial charge is 0.329 e. The van der Waals surface area contributed by atoms with E-state index >= 15 is 0 Å². The molecule has 0 saturated heterocycles. The maximum Gasteiger partial charge on any atom is 0.329 e. The predicted molar refractivity (Wildman–Crippen MR) is 45.7 cm³/mol. The fraction of sp³-hybridized carbons (Fsp3) is 0.625. The van der Waals surface area contributed by atoms with Gasteiger partial charge < -0.3 is 14.4 Å². The zero-order valence-electron chi connectivity index (χ0n) is 8.06. The van der Waals surface area contributed by atoms with Crippen molar-refractivity contribution in [3.05, 3.63) is 11.7 Å². The van der Waals surface area contributed by atoms with Crippen molar-refractivity contribution in [3.8, 4) is 0 Å². The molecule has 1 aromatic rings. The number of carbonyl (C=O) groups is 1. The van der Waals surface area contributed by atoms with E-state index in [-0.39, 0.29) is 19.1 Å². The zero-order valence-corrected chi connectivity index (χ0v) is 8.06.